The molecule has 1 aromatic heterocycles. The quantitative estimate of drug-likeness (QED) is 0.257. The first kappa shape index (κ1) is 38.4. The average Bonchev–Trinajstić information content (AvgIpc) is 3.35. The molecule has 1 saturated heterocycles. The number of amides is 6. The number of nitrogens with zero attached hydrogens (tertiary/aromatic N) is 2. The molecule has 0 aliphatic carbocycles. The topological polar surface area (TPSA) is 180 Å². The molecular formula is C37H49N7O7. The summed E-state index contributed by atoms with van der Waals surface area (Å²) in [6, 6.07) is 10.3. The number of ether oxygens (including phenoxy) is 1. The zero-order chi connectivity index (χ0) is 37.4. The molecule has 2 aromatic carbocycles. The van der Waals surface area contributed by atoms with E-state index in [1.807, 2.05) is 54.9 Å². The van der Waals surface area contributed by atoms with Gasteiger partial charge in [0.15, 0.2) is 0 Å². The van der Waals surface area contributed by atoms with Gasteiger partial charge in [-0.15, -0.1) is 0 Å². The van der Waals surface area contributed by atoms with Crippen molar-refractivity contribution in [1.82, 2.24) is 36.1 Å². The van der Waals surface area contributed by atoms with Crippen molar-refractivity contribution in [3.05, 3.63) is 65.4 Å². The van der Waals surface area contributed by atoms with E-state index in [1.54, 1.807) is 26.0 Å². The van der Waals surface area contributed by atoms with Gasteiger partial charge in [-0.25, -0.2) is 0 Å². The summed E-state index contributed by atoms with van der Waals surface area (Å²) < 4.78 is 7.27. The van der Waals surface area contributed by atoms with Crippen molar-refractivity contribution in [3.63, 3.8) is 0 Å². The van der Waals surface area contributed by atoms with Gasteiger partial charge in [-0.1, -0.05) is 44.2 Å². The number of likely N-dealkylation sites (N-methyl/N-ethyl adjacent to an activating group) is 1. The Morgan fingerprint density at radius 1 is 0.961 bits per heavy atom. The van der Waals surface area contributed by atoms with Crippen molar-refractivity contribution >= 4 is 46.3 Å². The Balaban J connectivity index is 1.60. The second-order valence-corrected chi connectivity index (χ2v) is 13.3. The fraction of sp³-hybridized carbons (Fsp3) is 0.459. The van der Waals surface area contributed by atoms with Crippen molar-refractivity contribution in [2.45, 2.75) is 71.1 Å². The van der Waals surface area contributed by atoms with Crippen LogP contribution in [0.3, 0.4) is 0 Å². The maximum absolute atomic E-state index is 13.9. The standard InChI is InChI=1S/C37H49N7O7/c1-21(2)32-36(49)39-22(3)33(46)41-28(18-24-12-9-8-10-13-24)37(50)43(5)20-30(45)38-17-11-14-27(34(47)42-32)40-35(48)31-23(4)44(6)29-16-15-25(51-7)19-26(29)31/h8-10,12-13,15-16,19,21-22,27-28,32H,11,14,17-18,20H2,1-7H3,(H,38,45)(H,39,49)(H,40,48)(H,41,46)(H,42,47)/t22-,27+,28+,32-/m1/s1. The summed E-state index contributed by atoms with van der Waals surface area (Å²) in [5.74, 6) is -3.01. The van der Waals surface area contributed by atoms with Gasteiger partial charge in [-0.2, -0.15) is 0 Å². The Hall–Kier alpha value is -5.40. The van der Waals surface area contributed by atoms with Crippen LogP contribution in [-0.2, 0) is 37.4 Å². The zero-order valence-corrected chi connectivity index (χ0v) is 30.3. The van der Waals surface area contributed by atoms with Crippen LogP contribution in [-0.4, -0.2) is 96.3 Å². The molecule has 14 heteroatoms. The predicted molar refractivity (Wildman–Crippen MR) is 192 cm³/mol. The maximum atomic E-state index is 13.9. The SMILES string of the molecule is COc1ccc2c(c1)c(C(=O)N[C@H]1CCCNC(=O)CN(C)C(=O)[C@H](Cc3ccccc3)NC(=O)[C@@H](C)NC(=O)[C@@H](C(C)C)NC1=O)c(C)n2C. The van der Waals surface area contributed by atoms with Crippen LogP contribution in [0, 0.1) is 12.8 Å². The number of aryl methyl sites for hydroxylation is 1. The average molecular weight is 704 g/mol. The summed E-state index contributed by atoms with van der Waals surface area (Å²) in [4.78, 5) is 82.3. The van der Waals surface area contributed by atoms with E-state index in [2.05, 4.69) is 26.6 Å². The molecule has 0 saturated carbocycles. The van der Waals surface area contributed by atoms with E-state index in [4.69, 9.17) is 4.74 Å². The van der Waals surface area contributed by atoms with Crippen LogP contribution in [0.5, 0.6) is 5.75 Å². The van der Waals surface area contributed by atoms with Crippen LogP contribution in [0.1, 0.15) is 55.2 Å². The summed E-state index contributed by atoms with van der Waals surface area (Å²) in [5.41, 5.74) is 2.66. The Bertz CT molecular complexity index is 1770. The number of hydrogen-bond acceptors (Lipinski definition) is 7. The van der Waals surface area contributed by atoms with Gasteiger partial charge in [0.2, 0.25) is 29.5 Å². The molecule has 1 aliphatic heterocycles. The number of benzene rings is 2. The molecule has 1 aliphatic rings. The van der Waals surface area contributed by atoms with Crippen LogP contribution < -0.4 is 31.3 Å². The highest BCUT2D eigenvalue weighted by molar-refractivity contribution is 6.10. The molecule has 0 bridgehead atoms. The van der Waals surface area contributed by atoms with Gasteiger partial charge in [0.1, 0.15) is 29.9 Å². The van der Waals surface area contributed by atoms with Gasteiger partial charge in [0, 0.05) is 43.7 Å². The van der Waals surface area contributed by atoms with E-state index < -0.39 is 59.6 Å². The third kappa shape index (κ3) is 9.44. The predicted octanol–water partition coefficient (Wildman–Crippen LogP) is 1.34. The van der Waals surface area contributed by atoms with Gasteiger partial charge in [0.05, 0.1) is 19.2 Å². The van der Waals surface area contributed by atoms with E-state index in [1.165, 1.54) is 26.0 Å². The van der Waals surface area contributed by atoms with Crippen LogP contribution >= 0.6 is 0 Å². The van der Waals surface area contributed by atoms with Crippen molar-refractivity contribution in [2.75, 3.05) is 27.2 Å². The first-order chi connectivity index (χ1) is 24.2. The number of hydrogen-bond donors (Lipinski definition) is 5. The molecule has 1 fully saturated rings. The smallest absolute Gasteiger partial charge is 0.254 e. The number of rotatable bonds is 6. The van der Waals surface area contributed by atoms with Gasteiger partial charge >= 0.3 is 0 Å². The molecule has 14 nitrogen and oxygen atoms in total. The molecular weight excluding hydrogens is 654 g/mol. The molecule has 0 spiro atoms. The first-order valence-electron chi connectivity index (χ1n) is 17.1. The second kappa shape index (κ2) is 17.0. The third-order valence-corrected chi connectivity index (χ3v) is 9.19. The van der Waals surface area contributed by atoms with Crippen LogP contribution in [0.25, 0.3) is 10.9 Å². The van der Waals surface area contributed by atoms with E-state index in [9.17, 15) is 28.8 Å². The third-order valence-electron chi connectivity index (χ3n) is 9.19. The molecule has 0 radical (unpaired) electrons. The highest BCUT2D eigenvalue weighted by atomic mass is 16.5. The van der Waals surface area contributed by atoms with E-state index >= 15 is 0 Å². The summed E-state index contributed by atoms with van der Waals surface area (Å²) in [7, 11) is 4.85. The molecule has 274 valence electrons. The van der Waals surface area contributed by atoms with Gasteiger partial charge in [-0.3, -0.25) is 28.8 Å². The Kier molecular flexibility index (Phi) is 12.8. The van der Waals surface area contributed by atoms with Crippen LogP contribution in [0.4, 0.5) is 0 Å². The summed E-state index contributed by atoms with van der Waals surface area (Å²) in [6.45, 7) is 6.68. The minimum Gasteiger partial charge on any atom is -0.497 e. The van der Waals surface area contributed by atoms with Crippen molar-refractivity contribution < 1.29 is 33.5 Å². The van der Waals surface area contributed by atoms with E-state index in [0.717, 1.165) is 11.1 Å². The minimum atomic E-state index is -1.08. The number of carbonyl (C=O) groups excluding carboxylic acids is 6. The fourth-order valence-electron chi connectivity index (χ4n) is 6.12. The van der Waals surface area contributed by atoms with Crippen LogP contribution in [0.15, 0.2) is 48.5 Å². The van der Waals surface area contributed by atoms with E-state index in [0.29, 0.717) is 28.8 Å². The molecule has 6 amide bonds. The monoisotopic (exact) mass is 703 g/mol. The summed E-state index contributed by atoms with van der Waals surface area (Å²) in [6.07, 6.45) is 0.595. The number of methoxy groups -OCH3 is 1. The number of carbonyl (C=O) groups is 6. The second-order valence-electron chi connectivity index (χ2n) is 13.3. The molecule has 3 aromatic rings. The molecule has 51 heavy (non-hydrogen) atoms. The maximum Gasteiger partial charge on any atom is 0.254 e. The largest absolute Gasteiger partial charge is 0.497 e. The van der Waals surface area contributed by atoms with E-state index in [-0.39, 0.29) is 31.8 Å². The highest BCUT2D eigenvalue weighted by Crippen LogP contribution is 2.29. The molecule has 4 atom stereocenters. The minimum absolute atomic E-state index is 0.129. The Labute approximate surface area is 298 Å². The molecule has 5 N–H and O–H groups in total. The lowest BCUT2D eigenvalue weighted by molar-refractivity contribution is -0.139. The van der Waals surface area contributed by atoms with Gasteiger partial charge < -0.3 is 40.8 Å². The number of aromatic nitrogens is 1. The normalized spacial score (nSPS) is 21.6. The van der Waals surface area contributed by atoms with Gasteiger partial charge in [0.25, 0.3) is 5.91 Å². The van der Waals surface area contributed by atoms with Crippen molar-refractivity contribution in [1.29, 1.82) is 0 Å². The molecule has 2 heterocycles. The zero-order valence-electron chi connectivity index (χ0n) is 30.3. The summed E-state index contributed by atoms with van der Waals surface area (Å²) in [5, 5.41) is 14.5. The number of nitrogens with one attached hydrogen (secondary N) is 5. The Morgan fingerprint density at radius 3 is 2.33 bits per heavy atom. The fourth-order valence-corrected chi connectivity index (χ4v) is 6.12. The lowest BCUT2D eigenvalue weighted by Gasteiger charge is -2.28. The lowest BCUT2D eigenvalue weighted by Crippen LogP contribution is -2.59. The molecule has 4 rings (SSSR count). The lowest BCUT2D eigenvalue weighted by atomic mass is 10.0. The highest BCUT2D eigenvalue weighted by Gasteiger charge is 2.33. The first-order valence-corrected chi connectivity index (χ1v) is 17.1. The van der Waals surface area contributed by atoms with Gasteiger partial charge in [-0.05, 0) is 56.4 Å². The van der Waals surface area contributed by atoms with Crippen LogP contribution in [0.2, 0.25) is 0 Å². The summed E-state index contributed by atoms with van der Waals surface area (Å²) >= 11 is 0. The van der Waals surface area contributed by atoms with Crippen molar-refractivity contribution in [3.8, 4) is 5.75 Å². The Morgan fingerprint density at radius 2 is 1.67 bits per heavy atom. The number of fused-ring (bicyclic) bond motifs is 1. The van der Waals surface area contributed by atoms with Crippen molar-refractivity contribution in [2.24, 2.45) is 13.0 Å². The molecule has 0 unspecified atom stereocenters.